The molecule has 0 aromatic carbocycles. The quantitative estimate of drug-likeness (QED) is 0.865. The van der Waals surface area contributed by atoms with Crippen molar-refractivity contribution in [2.75, 3.05) is 13.1 Å². The maximum atomic E-state index is 12.8. The van der Waals surface area contributed by atoms with E-state index < -0.39 is 27.9 Å². The highest BCUT2D eigenvalue weighted by Gasteiger charge is 2.37. The van der Waals surface area contributed by atoms with Gasteiger partial charge < -0.3 is 4.74 Å². The molecule has 1 saturated heterocycles. The third-order valence-electron chi connectivity index (χ3n) is 4.12. The van der Waals surface area contributed by atoms with E-state index in [0.29, 0.717) is 17.8 Å². The van der Waals surface area contributed by atoms with Gasteiger partial charge in [-0.25, -0.2) is 13.4 Å². The fraction of sp³-hybridized carbons (Fsp3) is 0.467. The molecule has 0 radical (unpaired) electrons. The van der Waals surface area contributed by atoms with Crippen molar-refractivity contribution in [2.45, 2.75) is 37.4 Å². The summed E-state index contributed by atoms with van der Waals surface area (Å²) in [6, 6.07) is 1.66. The van der Waals surface area contributed by atoms with Crippen LogP contribution in [0.15, 0.2) is 23.2 Å². The Morgan fingerprint density at radius 2 is 2.08 bits per heavy atom. The molecular weight excluding hydrogens is 373 g/mol. The molecule has 0 aliphatic carbocycles. The average molecular weight is 390 g/mol. The number of hydrogen-bond donors (Lipinski definition) is 1. The maximum Gasteiger partial charge on any atom is 0.416 e. The molecule has 7 nitrogen and oxygen atoms in total. The maximum absolute atomic E-state index is 12.8. The number of halogens is 3. The highest BCUT2D eigenvalue weighted by atomic mass is 32.2. The lowest BCUT2D eigenvalue weighted by molar-refractivity contribution is -0.137. The smallest absolute Gasteiger partial charge is 0.416 e. The summed E-state index contributed by atoms with van der Waals surface area (Å²) < 4.78 is 70.5. The lowest BCUT2D eigenvalue weighted by Crippen LogP contribution is -2.31. The van der Waals surface area contributed by atoms with Gasteiger partial charge in [0.05, 0.1) is 23.5 Å². The van der Waals surface area contributed by atoms with Crippen molar-refractivity contribution >= 4 is 10.0 Å². The zero-order valence-corrected chi connectivity index (χ0v) is 14.9. The number of aromatic nitrogens is 3. The molecule has 0 amide bonds. The molecule has 1 N–H and O–H groups in total. The number of nitrogens with one attached hydrogen (secondary N) is 1. The van der Waals surface area contributed by atoms with Crippen LogP contribution >= 0.6 is 0 Å². The first-order chi connectivity index (χ1) is 12.1. The van der Waals surface area contributed by atoms with Crippen molar-refractivity contribution in [3.8, 4) is 5.88 Å². The summed E-state index contributed by atoms with van der Waals surface area (Å²) in [5, 5.41) is 6.53. The number of hydrogen-bond acceptors (Lipinski definition) is 5. The van der Waals surface area contributed by atoms with E-state index >= 15 is 0 Å². The molecule has 2 aromatic heterocycles. The third-order valence-corrected chi connectivity index (χ3v) is 6.24. The number of rotatable bonds is 4. The van der Waals surface area contributed by atoms with Gasteiger partial charge in [0, 0.05) is 18.8 Å². The van der Waals surface area contributed by atoms with E-state index in [1.165, 1.54) is 4.31 Å². The van der Waals surface area contributed by atoms with Crippen LogP contribution in [-0.2, 0) is 16.2 Å². The minimum atomic E-state index is -4.50. The van der Waals surface area contributed by atoms with Crippen LogP contribution < -0.4 is 4.74 Å². The topological polar surface area (TPSA) is 88.2 Å². The van der Waals surface area contributed by atoms with Crippen LogP contribution in [0.25, 0.3) is 0 Å². The van der Waals surface area contributed by atoms with Gasteiger partial charge in [0.25, 0.3) is 0 Å². The van der Waals surface area contributed by atoms with Crippen molar-refractivity contribution in [1.29, 1.82) is 0 Å². The van der Waals surface area contributed by atoms with E-state index in [4.69, 9.17) is 4.74 Å². The number of H-pyrrole nitrogens is 1. The number of ether oxygens (including phenoxy) is 1. The van der Waals surface area contributed by atoms with Crippen molar-refractivity contribution < 1.29 is 26.3 Å². The summed E-state index contributed by atoms with van der Waals surface area (Å²) in [4.78, 5) is 3.90. The van der Waals surface area contributed by atoms with Crippen LogP contribution in [0.2, 0.25) is 0 Å². The Bertz CT molecular complexity index is 892. The van der Waals surface area contributed by atoms with Gasteiger partial charge in [-0.3, -0.25) is 5.10 Å². The second-order valence-electron chi connectivity index (χ2n) is 6.04. The highest BCUT2D eigenvalue weighted by molar-refractivity contribution is 7.89. The lowest BCUT2D eigenvalue weighted by Gasteiger charge is -2.17. The molecule has 2 aromatic rings. The van der Waals surface area contributed by atoms with E-state index in [1.54, 1.807) is 13.8 Å². The summed E-state index contributed by atoms with van der Waals surface area (Å²) >= 11 is 0. The molecule has 142 valence electrons. The Balaban J connectivity index is 1.74. The van der Waals surface area contributed by atoms with Gasteiger partial charge in [-0.05, 0) is 26.3 Å². The van der Waals surface area contributed by atoms with Crippen molar-refractivity contribution in [3.05, 3.63) is 35.3 Å². The molecule has 0 saturated carbocycles. The predicted octanol–water partition coefficient (Wildman–Crippen LogP) is 2.28. The van der Waals surface area contributed by atoms with Gasteiger partial charge in [-0.15, -0.1) is 0 Å². The lowest BCUT2D eigenvalue weighted by atomic mass is 10.2. The number of nitrogens with zero attached hydrogens (tertiary/aromatic N) is 3. The van der Waals surface area contributed by atoms with Crippen molar-refractivity contribution in [2.24, 2.45) is 0 Å². The van der Waals surface area contributed by atoms with Gasteiger partial charge in [-0.2, -0.15) is 22.6 Å². The first kappa shape index (κ1) is 18.6. The zero-order valence-electron chi connectivity index (χ0n) is 14.0. The second-order valence-corrected chi connectivity index (χ2v) is 7.91. The molecule has 11 heteroatoms. The molecule has 1 unspecified atom stereocenters. The van der Waals surface area contributed by atoms with Crippen LogP contribution in [0.3, 0.4) is 0 Å². The van der Waals surface area contributed by atoms with E-state index in [0.717, 1.165) is 18.3 Å². The summed E-state index contributed by atoms with van der Waals surface area (Å²) in [7, 11) is -3.75. The molecular formula is C15H17F3N4O3S. The molecule has 26 heavy (non-hydrogen) atoms. The average Bonchev–Trinajstić information content (AvgIpc) is 3.14. The first-order valence-electron chi connectivity index (χ1n) is 7.80. The SMILES string of the molecule is Cc1n[nH]c(C)c1S(=O)(=O)N1CCC(Oc2cc(C(F)(F)F)ccn2)C1. The van der Waals surface area contributed by atoms with Gasteiger partial charge >= 0.3 is 6.18 Å². The zero-order chi connectivity index (χ0) is 19.1. The normalized spacial score (nSPS) is 19.0. The van der Waals surface area contributed by atoms with Gasteiger partial charge in [0.2, 0.25) is 15.9 Å². The fourth-order valence-electron chi connectivity index (χ4n) is 2.88. The summed E-state index contributed by atoms with van der Waals surface area (Å²) in [6.45, 7) is 3.44. The van der Waals surface area contributed by atoms with E-state index in [9.17, 15) is 21.6 Å². The number of alkyl halides is 3. The van der Waals surface area contributed by atoms with Gasteiger partial charge in [-0.1, -0.05) is 0 Å². The van der Waals surface area contributed by atoms with Crippen LogP contribution in [0, 0.1) is 13.8 Å². The van der Waals surface area contributed by atoms with Crippen molar-refractivity contribution in [1.82, 2.24) is 19.5 Å². The molecule has 3 heterocycles. The molecule has 1 aliphatic rings. The largest absolute Gasteiger partial charge is 0.473 e. The molecule has 0 spiro atoms. The molecule has 1 fully saturated rings. The minimum Gasteiger partial charge on any atom is -0.473 e. The second kappa shape index (κ2) is 6.54. The Kier molecular flexibility index (Phi) is 4.69. The van der Waals surface area contributed by atoms with Crippen LogP contribution in [-0.4, -0.2) is 47.1 Å². The van der Waals surface area contributed by atoms with E-state index in [2.05, 4.69) is 15.2 Å². The number of sulfonamides is 1. The Morgan fingerprint density at radius 1 is 1.35 bits per heavy atom. The molecule has 1 aliphatic heterocycles. The molecule has 0 bridgehead atoms. The summed E-state index contributed by atoms with van der Waals surface area (Å²) in [5.41, 5.74) is -0.0625. The number of aromatic amines is 1. The third kappa shape index (κ3) is 3.54. The monoisotopic (exact) mass is 390 g/mol. The Hall–Kier alpha value is -2.14. The number of pyridine rings is 1. The minimum absolute atomic E-state index is 0.0321. The predicted molar refractivity (Wildman–Crippen MR) is 85.1 cm³/mol. The summed E-state index contributed by atoms with van der Waals surface area (Å²) in [5.74, 6) is -0.181. The Morgan fingerprint density at radius 3 is 2.69 bits per heavy atom. The fourth-order valence-corrected chi connectivity index (χ4v) is 4.70. The van der Waals surface area contributed by atoms with Gasteiger partial charge in [0.1, 0.15) is 11.0 Å². The van der Waals surface area contributed by atoms with Crippen LogP contribution in [0.1, 0.15) is 23.4 Å². The highest BCUT2D eigenvalue weighted by Crippen LogP contribution is 2.31. The van der Waals surface area contributed by atoms with E-state index in [-0.39, 0.29) is 23.9 Å². The molecule has 1 atom stereocenters. The number of aryl methyl sites for hydroxylation is 2. The standard InChI is InChI=1S/C15H17F3N4O3S/c1-9-14(10(2)21-20-9)26(23,24)22-6-4-12(8-22)25-13-7-11(3-5-19-13)15(16,17)18/h3,5,7,12H,4,6,8H2,1-2H3,(H,20,21). The first-order valence-corrected chi connectivity index (χ1v) is 9.24. The van der Waals surface area contributed by atoms with Crippen molar-refractivity contribution in [3.63, 3.8) is 0 Å². The van der Waals surface area contributed by atoms with E-state index in [1.807, 2.05) is 0 Å². The van der Waals surface area contributed by atoms with Gasteiger partial charge in [0.15, 0.2) is 0 Å². The molecule has 3 rings (SSSR count). The van der Waals surface area contributed by atoms with Crippen LogP contribution in [0.5, 0.6) is 5.88 Å². The summed E-state index contributed by atoms with van der Waals surface area (Å²) in [6.07, 6.45) is -3.71. The Labute approximate surface area is 148 Å². The van der Waals surface area contributed by atoms with Crippen LogP contribution in [0.4, 0.5) is 13.2 Å².